The van der Waals surface area contributed by atoms with Gasteiger partial charge in [0.2, 0.25) is 0 Å². The SMILES string of the molecule is COCC(C)(C)c1cc2ncnc(C)c2s1. The maximum Gasteiger partial charge on any atom is 0.116 e. The Balaban J connectivity index is 2.51. The fraction of sp³-hybridized carbons (Fsp3) is 0.500. The molecule has 2 heterocycles. The largest absolute Gasteiger partial charge is 0.384 e. The first-order valence-corrected chi connectivity index (χ1v) is 6.07. The molecule has 0 radical (unpaired) electrons. The molecule has 3 nitrogen and oxygen atoms in total. The molecule has 0 saturated heterocycles. The lowest BCUT2D eigenvalue weighted by Gasteiger charge is -2.21. The molecule has 0 aromatic carbocycles. The quantitative estimate of drug-likeness (QED) is 0.822. The summed E-state index contributed by atoms with van der Waals surface area (Å²) in [5.74, 6) is 0. The summed E-state index contributed by atoms with van der Waals surface area (Å²) in [6, 6.07) is 2.15. The molecule has 0 aliphatic carbocycles. The topological polar surface area (TPSA) is 35.0 Å². The van der Waals surface area contributed by atoms with Crippen LogP contribution in [0.25, 0.3) is 10.2 Å². The molecule has 2 aromatic rings. The van der Waals surface area contributed by atoms with E-state index in [0.717, 1.165) is 11.2 Å². The first-order valence-electron chi connectivity index (χ1n) is 5.25. The molecular formula is C12H16N2OS. The minimum Gasteiger partial charge on any atom is -0.384 e. The number of nitrogens with zero attached hydrogens (tertiary/aromatic N) is 2. The van der Waals surface area contributed by atoms with Crippen LogP contribution in [-0.2, 0) is 10.2 Å². The Bertz CT molecular complexity index is 505. The molecule has 0 amide bonds. The highest BCUT2D eigenvalue weighted by Gasteiger charge is 2.23. The molecule has 0 bridgehead atoms. The van der Waals surface area contributed by atoms with Gasteiger partial charge in [0.25, 0.3) is 0 Å². The van der Waals surface area contributed by atoms with E-state index < -0.39 is 0 Å². The third kappa shape index (κ3) is 1.95. The summed E-state index contributed by atoms with van der Waals surface area (Å²) >= 11 is 1.77. The second-order valence-electron chi connectivity index (χ2n) is 4.60. The Morgan fingerprint density at radius 2 is 2.12 bits per heavy atom. The number of hydrogen-bond donors (Lipinski definition) is 0. The standard InChI is InChI=1S/C12H16N2OS/c1-8-11-9(14-7-13-8)5-10(16-11)12(2,3)6-15-4/h5,7H,6H2,1-4H3. The van der Waals surface area contributed by atoms with Crippen molar-refractivity contribution >= 4 is 21.6 Å². The molecule has 0 aliphatic heterocycles. The molecular weight excluding hydrogens is 220 g/mol. The Kier molecular flexibility index (Phi) is 2.95. The highest BCUT2D eigenvalue weighted by atomic mass is 32.1. The summed E-state index contributed by atoms with van der Waals surface area (Å²) < 4.78 is 6.44. The average Bonchev–Trinajstić information content (AvgIpc) is 2.63. The first kappa shape index (κ1) is 11.5. The zero-order valence-electron chi connectivity index (χ0n) is 10.1. The second-order valence-corrected chi connectivity index (χ2v) is 5.65. The van der Waals surface area contributed by atoms with Crippen LogP contribution in [0.2, 0.25) is 0 Å². The van der Waals surface area contributed by atoms with Gasteiger partial charge in [-0.1, -0.05) is 13.8 Å². The Labute approximate surface area is 99.5 Å². The van der Waals surface area contributed by atoms with Crippen molar-refractivity contribution in [1.29, 1.82) is 0 Å². The van der Waals surface area contributed by atoms with Crippen LogP contribution >= 0.6 is 11.3 Å². The fourth-order valence-corrected chi connectivity index (χ4v) is 2.88. The van der Waals surface area contributed by atoms with Gasteiger partial charge in [-0.2, -0.15) is 0 Å². The number of methoxy groups -OCH3 is 1. The first-order chi connectivity index (χ1) is 7.54. The molecule has 4 heteroatoms. The minimum atomic E-state index is 0.0343. The molecule has 2 rings (SSSR count). The fourth-order valence-electron chi connectivity index (χ4n) is 1.74. The summed E-state index contributed by atoms with van der Waals surface area (Å²) in [6.07, 6.45) is 1.62. The maximum absolute atomic E-state index is 5.26. The number of hydrogen-bond acceptors (Lipinski definition) is 4. The third-order valence-corrected chi connectivity index (χ3v) is 4.26. The van der Waals surface area contributed by atoms with E-state index in [1.54, 1.807) is 24.8 Å². The molecule has 2 aromatic heterocycles. The van der Waals surface area contributed by atoms with Crippen LogP contribution in [0.4, 0.5) is 0 Å². The Hall–Kier alpha value is -1.00. The van der Waals surface area contributed by atoms with Gasteiger partial charge >= 0.3 is 0 Å². The van der Waals surface area contributed by atoms with E-state index in [0.29, 0.717) is 6.61 Å². The van der Waals surface area contributed by atoms with E-state index in [2.05, 4.69) is 29.9 Å². The van der Waals surface area contributed by atoms with Crippen molar-refractivity contribution in [1.82, 2.24) is 9.97 Å². The van der Waals surface area contributed by atoms with Crippen LogP contribution in [-0.4, -0.2) is 23.7 Å². The number of fused-ring (bicyclic) bond motifs is 1. The molecule has 0 fully saturated rings. The summed E-state index contributed by atoms with van der Waals surface area (Å²) in [6.45, 7) is 7.11. The van der Waals surface area contributed by atoms with Gasteiger partial charge in [-0.3, -0.25) is 0 Å². The number of thiophene rings is 1. The van der Waals surface area contributed by atoms with Gasteiger partial charge in [-0.25, -0.2) is 9.97 Å². The molecule has 0 unspecified atom stereocenters. The molecule has 0 N–H and O–H groups in total. The van der Waals surface area contributed by atoms with E-state index in [1.165, 1.54) is 9.58 Å². The van der Waals surface area contributed by atoms with Gasteiger partial charge < -0.3 is 4.74 Å². The number of aromatic nitrogens is 2. The van der Waals surface area contributed by atoms with Crippen LogP contribution in [0.15, 0.2) is 12.4 Å². The maximum atomic E-state index is 5.26. The molecule has 86 valence electrons. The summed E-state index contributed by atoms with van der Waals surface area (Å²) in [5.41, 5.74) is 2.12. The van der Waals surface area contributed by atoms with Crippen LogP contribution < -0.4 is 0 Å². The lowest BCUT2D eigenvalue weighted by molar-refractivity contribution is 0.148. The third-order valence-electron chi connectivity index (χ3n) is 2.66. The Morgan fingerprint density at radius 3 is 2.75 bits per heavy atom. The molecule has 0 saturated carbocycles. The van der Waals surface area contributed by atoms with Crippen molar-refractivity contribution in [2.45, 2.75) is 26.2 Å². The highest BCUT2D eigenvalue weighted by Crippen LogP contribution is 2.34. The van der Waals surface area contributed by atoms with E-state index >= 15 is 0 Å². The smallest absolute Gasteiger partial charge is 0.116 e. The lowest BCUT2D eigenvalue weighted by atomic mass is 9.93. The van der Waals surface area contributed by atoms with Gasteiger partial charge in [-0.05, 0) is 13.0 Å². The predicted octanol–water partition coefficient (Wildman–Crippen LogP) is 2.92. The van der Waals surface area contributed by atoms with Gasteiger partial charge in [0.1, 0.15) is 6.33 Å². The van der Waals surface area contributed by atoms with E-state index in [4.69, 9.17) is 4.74 Å². The van der Waals surface area contributed by atoms with Crippen LogP contribution in [0, 0.1) is 6.92 Å². The van der Waals surface area contributed by atoms with Crippen molar-refractivity contribution in [2.75, 3.05) is 13.7 Å². The van der Waals surface area contributed by atoms with Crippen LogP contribution in [0.5, 0.6) is 0 Å². The molecule has 0 atom stereocenters. The van der Waals surface area contributed by atoms with E-state index in [1.807, 2.05) is 6.92 Å². The van der Waals surface area contributed by atoms with Crippen LogP contribution in [0.1, 0.15) is 24.4 Å². The van der Waals surface area contributed by atoms with Gasteiger partial charge in [0.05, 0.1) is 22.5 Å². The monoisotopic (exact) mass is 236 g/mol. The van der Waals surface area contributed by atoms with Crippen molar-refractivity contribution in [3.05, 3.63) is 23.0 Å². The van der Waals surface area contributed by atoms with E-state index in [9.17, 15) is 0 Å². The highest BCUT2D eigenvalue weighted by molar-refractivity contribution is 7.19. The van der Waals surface area contributed by atoms with E-state index in [-0.39, 0.29) is 5.41 Å². The van der Waals surface area contributed by atoms with Gasteiger partial charge in [0, 0.05) is 17.4 Å². The summed E-state index contributed by atoms with van der Waals surface area (Å²) in [4.78, 5) is 9.81. The van der Waals surface area contributed by atoms with Crippen LogP contribution in [0.3, 0.4) is 0 Å². The number of rotatable bonds is 3. The zero-order chi connectivity index (χ0) is 11.8. The predicted molar refractivity (Wildman–Crippen MR) is 67.1 cm³/mol. The van der Waals surface area contributed by atoms with Crippen molar-refractivity contribution in [2.24, 2.45) is 0 Å². The zero-order valence-corrected chi connectivity index (χ0v) is 10.9. The minimum absolute atomic E-state index is 0.0343. The molecule has 16 heavy (non-hydrogen) atoms. The molecule has 0 spiro atoms. The summed E-state index contributed by atoms with van der Waals surface area (Å²) in [5, 5.41) is 0. The number of aryl methyl sites for hydroxylation is 1. The lowest BCUT2D eigenvalue weighted by Crippen LogP contribution is -2.21. The van der Waals surface area contributed by atoms with Gasteiger partial charge in [0.15, 0.2) is 0 Å². The van der Waals surface area contributed by atoms with Gasteiger partial charge in [-0.15, -0.1) is 11.3 Å². The van der Waals surface area contributed by atoms with Crippen molar-refractivity contribution in [3.63, 3.8) is 0 Å². The average molecular weight is 236 g/mol. The summed E-state index contributed by atoms with van der Waals surface area (Å²) in [7, 11) is 1.74. The van der Waals surface area contributed by atoms with Crippen molar-refractivity contribution < 1.29 is 4.74 Å². The Morgan fingerprint density at radius 1 is 1.38 bits per heavy atom. The second kappa shape index (κ2) is 4.11. The normalized spacial score (nSPS) is 12.2. The number of ether oxygens (including phenoxy) is 1. The molecule has 0 aliphatic rings. The van der Waals surface area contributed by atoms with Crippen molar-refractivity contribution in [3.8, 4) is 0 Å².